The van der Waals surface area contributed by atoms with Gasteiger partial charge in [-0.1, -0.05) is 30.3 Å². The van der Waals surface area contributed by atoms with E-state index in [0.717, 1.165) is 16.8 Å². The van der Waals surface area contributed by atoms with Crippen LogP contribution in [0.25, 0.3) is 0 Å². The van der Waals surface area contributed by atoms with Gasteiger partial charge >= 0.3 is 0 Å². The second kappa shape index (κ2) is 9.33. The van der Waals surface area contributed by atoms with Crippen LogP contribution in [-0.2, 0) is 33.9 Å². The highest BCUT2D eigenvalue weighted by molar-refractivity contribution is 6.06. The number of benzene rings is 2. The molecule has 3 aliphatic heterocycles. The van der Waals surface area contributed by atoms with Crippen LogP contribution in [-0.4, -0.2) is 59.9 Å². The maximum absolute atomic E-state index is 13.0. The number of piperidine rings is 1. The monoisotopic (exact) mass is 450 g/mol. The lowest BCUT2D eigenvalue weighted by atomic mass is 10.0. The van der Waals surface area contributed by atoms with Gasteiger partial charge < -0.3 is 15.0 Å². The van der Waals surface area contributed by atoms with Crippen molar-refractivity contribution in [2.75, 3.05) is 31.6 Å². The molecular weight excluding hydrogens is 420 g/mol. The van der Waals surface area contributed by atoms with Gasteiger partial charge in [0.05, 0.1) is 13.2 Å². The molecule has 2 saturated heterocycles. The van der Waals surface area contributed by atoms with E-state index in [9.17, 15) is 14.4 Å². The minimum absolute atomic E-state index is 0.209. The van der Waals surface area contributed by atoms with E-state index >= 15 is 0 Å². The molecule has 8 nitrogen and oxygen atoms in total. The van der Waals surface area contributed by atoms with Gasteiger partial charge in [0.15, 0.2) is 0 Å². The van der Waals surface area contributed by atoms with Crippen molar-refractivity contribution >= 4 is 23.4 Å². The van der Waals surface area contributed by atoms with Gasteiger partial charge in [0, 0.05) is 58.7 Å². The zero-order valence-electron chi connectivity index (χ0n) is 20.3. The number of carbonyl (C=O) groups excluding carboxylic acids is 3. The van der Waals surface area contributed by atoms with Crippen molar-refractivity contribution in [3.8, 4) is 0 Å². The lowest BCUT2D eigenvalue weighted by Gasteiger charge is -2.29. The molecule has 0 radical (unpaired) electrons. The van der Waals surface area contributed by atoms with E-state index in [4.69, 9.17) is 7.48 Å². The van der Waals surface area contributed by atoms with Crippen LogP contribution in [0.4, 0.5) is 5.69 Å². The Morgan fingerprint density at radius 1 is 1.09 bits per heavy atom. The summed E-state index contributed by atoms with van der Waals surface area (Å²) in [7, 11) is 0. The summed E-state index contributed by atoms with van der Waals surface area (Å²) >= 11 is 0. The third kappa shape index (κ3) is 4.62. The van der Waals surface area contributed by atoms with Gasteiger partial charge in [0.2, 0.25) is 11.8 Å². The number of rotatable bonds is 6. The van der Waals surface area contributed by atoms with Gasteiger partial charge in [-0.05, 0) is 29.7 Å². The van der Waals surface area contributed by atoms with Crippen LogP contribution in [0.15, 0.2) is 42.5 Å². The fourth-order valence-electron chi connectivity index (χ4n) is 4.56. The predicted octanol–water partition coefficient (Wildman–Crippen LogP) is 1.89. The summed E-state index contributed by atoms with van der Waals surface area (Å²) in [6.45, 7) is 1.29. The van der Waals surface area contributed by atoms with Crippen molar-refractivity contribution in [3.63, 3.8) is 0 Å². The lowest BCUT2D eigenvalue weighted by molar-refractivity contribution is -0.136. The van der Waals surface area contributed by atoms with Crippen molar-refractivity contribution in [2.24, 2.45) is 0 Å². The standard InChI is InChI=1S/C25H28N4O4/c30-23-8-7-22(24(31)27-23)29-16-20-19(25(29)32)5-2-6-21(20)26-14-17-3-1-4-18(13-17)15-28-9-11-33-12-10-28/h1-6,13,22,26H,7-12,14-16H2,(H,27,30,31)/i15D2. The lowest BCUT2D eigenvalue weighted by Crippen LogP contribution is -2.52. The Labute approximate surface area is 195 Å². The van der Waals surface area contributed by atoms with Crippen LogP contribution in [0.5, 0.6) is 0 Å². The smallest absolute Gasteiger partial charge is 0.255 e. The maximum atomic E-state index is 13.0. The largest absolute Gasteiger partial charge is 0.381 e. The molecule has 1 unspecified atom stereocenters. The fourth-order valence-corrected chi connectivity index (χ4v) is 4.56. The zero-order chi connectivity index (χ0) is 24.6. The van der Waals surface area contributed by atoms with Crippen molar-refractivity contribution < 1.29 is 21.9 Å². The molecule has 2 aromatic rings. The second-order valence-electron chi connectivity index (χ2n) is 8.50. The third-order valence-electron chi connectivity index (χ3n) is 6.29. The molecule has 0 spiro atoms. The van der Waals surface area contributed by atoms with E-state index < -0.39 is 18.4 Å². The second-order valence-corrected chi connectivity index (χ2v) is 8.50. The molecule has 0 aromatic heterocycles. The molecule has 0 saturated carbocycles. The molecule has 172 valence electrons. The minimum atomic E-state index is -1.59. The van der Waals surface area contributed by atoms with Crippen molar-refractivity contribution in [1.82, 2.24) is 15.1 Å². The number of amides is 3. The van der Waals surface area contributed by atoms with Crippen LogP contribution in [0.3, 0.4) is 0 Å². The number of nitrogens with zero attached hydrogens (tertiary/aromatic N) is 2. The molecule has 2 aromatic carbocycles. The Morgan fingerprint density at radius 2 is 1.88 bits per heavy atom. The van der Waals surface area contributed by atoms with E-state index in [1.54, 1.807) is 23.1 Å². The molecule has 3 aliphatic rings. The minimum Gasteiger partial charge on any atom is -0.381 e. The van der Waals surface area contributed by atoms with E-state index in [1.807, 2.05) is 24.3 Å². The fraction of sp³-hybridized carbons (Fsp3) is 0.400. The Bertz CT molecular complexity index is 1170. The zero-order valence-corrected chi connectivity index (χ0v) is 18.3. The van der Waals surface area contributed by atoms with Crippen LogP contribution in [0.2, 0.25) is 0 Å². The van der Waals surface area contributed by atoms with Crippen LogP contribution in [0, 0.1) is 0 Å². The number of anilines is 1. The van der Waals surface area contributed by atoms with Gasteiger partial charge in [-0.15, -0.1) is 0 Å². The van der Waals surface area contributed by atoms with Crippen molar-refractivity contribution in [2.45, 2.75) is 38.5 Å². The van der Waals surface area contributed by atoms with E-state index in [2.05, 4.69) is 10.6 Å². The number of hydrogen-bond acceptors (Lipinski definition) is 6. The normalized spacial score (nSPS) is 22.5. The highest BCUT2D eigenvalue weighted by atomic mass is 16.5. The molecule has 1 atom stereocenters. The number of carbonyl (C=O) groups is 3. The highest BCUT2D eigenvalue weighted by Gasteiger charge is 2.39. The van der Waals surface area contributed by atoms with Crippen LogP contribution >= 0.6 is 0 Å². The summed E-state index contributed by atoms with van der Waals surface area (Å²) in [5, 5.41) is 5.72. The maximum Gasteiger partial charge on any atom is 0.255 e. The molecule has 0 aliphatic carbocycles. The molecule has 3 heterocycles. The first-order chi connectivity index (χ1) is 16.8. The number of fused-ring (bicyclic) bond motifs is 1. The molecular formula is C25H28N4O4. The van der Waals surface area contributed by atoms with E-state index in [1.165, 1.54) is 4.90 Å². The molecule has 33 heavy (non-hydrogen) atoms. The Kier molecular flexibility index (Phi) is 5.44. The average Bonchev–Trinajstić information content (AvgIpc) is 3.20. The van der Waals surface area contributed by atoms with Crippen molar-refractivity contribution in [1.29, 1.82) is 0 Å². The van der Waals surface area contributed by atoms with Crippen LogP contribution in [0.1, 0.15) is 42.6 Å². The summed E-state index contributed by atoms with van der Waals surface area (Å²) in [5.74, 6) is -0.944. The number of ether oxygens (including phenoxy) is 1. The van der Waals surface area contributed by atoms with Gasteiger partial charge in [-0.3, -0.25) is 24.6 Å². The predicted molar refractivity (Wildman–Crippen MR) is 122 cm³/mol. The number of imide groups is 1. The summed E-state index contributed by atoms with van der Waals surface area (Å²) in [6.07, 6.45) is 0.543. The molecule has 5 rings (SSSR count). The van der Waals surface area contributed by atoms with E-state index in [0.29, 0.717) is 56.9 Å². The van der Waals surface area contributed by atoms with Gasteiger partial charge in [-0.2, -0.15) is 0 Å². The van der Waals surface area contributed by atoms with Gasteiger partial charge in [0.25, 0.3) is 5.91 Å². The molecule has 8 heteroatoms. The Hall–Kier alpha value is -3.23. The van der Waals surface area contributed by atoms with Crippen molar-refractivity contribution in [3.05, 3.63) is 64.7 Å². The first-order valence-corrected chi connectivity index (χ1v) is 11.3. The summed E-state index contributed by atoms with van der Waals surface area (Å²) in [6, 6.07) is 12.3. The quantitative estimate of drug-likeness (QED) is 0.654. The highest BCUT2D eigenvalue weighted by Crippen LogP contribution is 2.32. The third-order valence-corrected chi connectivity index (χ3v) is 6.29. The van der Waals surface area contributed by atoms with Gasteiger partial charge in [-0.25, -0.2) is 0 Å². The Morgan fingerprint density at radius 3 is 2.70 bits per heavy atom. The summed E-state index contributed by atoms with van der Waals surface area (Å²) < 4.78 is 22.7. The molecule has 2 fully saturated rings. The number of hydrogen-bond donors (Lipinski definition) is 2. The van der Waals surface area contributed by atoms with E-state index in [-0.39, 0.29) is 18.2 Å². The number of nitrogens with one attached hydrogen (secondary N) is 2. The molecule has 2 N–H and O–H groups in total. The Balaban J connectivity index is 1.30. The topological polar surface area (TPSA) is 91.0 Å². The summed E-state index contributed by atoms with van der Waals surface area (Å²) in [5.41, 5.74) is 3.69. The molecule has 3 amide bonds. The van der Waals surface area contributed by atoms with Gasteiger partial charge in [0.1, 0.15) is 6.04 Å². The van der Waals surface area contributed by atoms with Crippen LogP contribution < -0.4 is 10.6 Å². The summed E-state index contributed by atoms with van der Waals surface area (Å²) in [4.78, 5) is 40.2. The average molecular weight is 451 g/mol. The number of morpholine rings is 1. The first kappa shape index (κ1) is 19.3. The SMILES string of the molecule is [2H]C([2H])(c1cccc(CNc2cccc3c2CN(C2CCC(=O)NC2=O)C3=O)c1)N1CCOCC1. The molecule has 0 bridgehead atoms. The first-order valence-electron chi connectivity index (χ1n) is 12.3.